The van der Waals surface area contributed by atoms with E-state index in [1.165, 1.54) is 25.9 Å². The van der Waals surface area contributed by atoms with Crippen LogP contribution in [0, 0.1) is 20.8 Å². The van der Waals surface area contributed by atoms with Gasteiger partial charge in [-0.25, -0.2) is 9.97 Å². The van der Waals surface area contributed by atoms with Gasteiger partial charge in [-0.15, -0.1) is 0 Å². The maximum atomic E-state index is 4.52. The Morgan fingerprint density at radius 1 is 1.11 bits per heavy atom. The third kappa shape index (κ3) is 3.24. The van der Waals surface area contributed by atoms with E-state index in [0.717, 1.165) is 29.4 Å². The fourth-order valence-corrected chi connectivity index (χ4v) is 2.67. The summed E-state index contributed by atoms with van der Waals surface area (Å²) in [6.07, 6.45) is 2.66. The Hall–Kier alpha value is -1.16. The predicted molar refractivity (Wildman–Crippen MR) is 79.6 cm³/mol. The summed E-state index contributed by atoms with van der Waals surface area (Å²) >= 11 is 0. The molecule has 0 radical (unpaired) electrons. The summed E-state index contributed by atoms with van der Waals surface area (Å²) in [6, 6.07) is 0. The second-order valence-electron chi connectivity index (χ2n) is 6.19. The van der Waals surface area contributed by atoms with Crippen molar-refractivity contribution in [1.82, 2.24) is 14.9 Å². The van der Waals surface area contributed by atoms with E-state index < -0.39 is 0 Å². The van der Waals surface area contributed by atoms with Crippen LogP contribution in [0.5, 0.6) is 0 Å². The van der Waals surface area contributed by atoms with Gasteiger partial charge in [0.25, 0.3) is 0 Å². The second-order valence-corrected chi connectivity index (χ2v) is 6.19. The Balaban J connectivity index is 2.05. The van der Waals surface area contributed by atoms with Crippen molar-refractivity contribution < 1.29 is 0 Å². The molecule has 4 nitrogen and oxygen atoms in total. The van der Waals surface area contributed by atoms with Gasteiger partial charge in [0.1, 0.15) is 11.6 Å². The van der Waals surface area contributed by atoms with Gasteiger partial charge in [-0.2, -0.15) is 0 Å². The summed E-state index contributed by atoms with van der Waals surface area (Å²) in [5.41, 5.74) is 2.40. The number of aromatic nitrogens is 2. The van der Waals surface area contributed by atoms with E-state index in [9.17, 15) is 0 Å². The van der Waals surface area contributed by atoms with E-state index in [0.29, 0.717) is 0 Å². The lowest BCUT2D eigenvalue weighted by Crippen LogP contribution is -2.47. The summed E-state index contributed by atoms with van der Waals surface area (Å²) in [4.78, 5) is 11.5. The molecule has 0 aliphatic carbocycles. The Morgan fingerprint density at radius 3 is 2.37 bits per heavy atom. The van der Waals surface area contributed by atoms with Gasteiger partial charge in [0.05, 0.1) is 0 Å². The number of nitrogens with one attached hydrogen (secondary N) is 1. The van der Waals surface area contributed by atoms with Crippen molar-refractivity contribution >= 4 is 5.82 Å². The summed E-state index contributed by atoms with van der Waals surface area (Å²) in [7, 11) is 0. The van der Waals surface area contributed by atoms with Crippen molar-refractivity contribution in [2.24, 2.45) is 0 Å². The first-order chi connectivity index (χ1) is 8.90. The quantitative estimate of drug-likeness (QED) is 0.906. The third-order valence-corrected chi connectivity index (χ3v) is 4.15. The van der Waals surface area contributed by atoms with Crippen molar-refractivity contribution in [3.8, 4) is 0 Å². The molecule has 1 aliphatic rings. The molecule has 2 heterocycles. The fourth-order valence-electron chi connectivity index (χ4n) is 2.67. The van der Waals surface area contributed by atoms with Crippen LogP contribution in [0.3, 0.4) is 0 Å². The second kappa shape index (κ2) is 5.45. The first-order valence-electron chi connectivity index (χ1n) is 7.21. The molecule has 1 aromatic rings. The topological polar surface area (TPSA) is 41.1 Å². The molecule has 0 bridgehead atoms. The van der Waals surface area contributed by atoms with Crippen molar-refractivity contribution in [2.75, 3.05) is 25.0 Å². The largest absolute Gasteiger partial charge is 0.368 e. The summed E-state index contributed by atoms with van der Waals surface area (Å²) in [6.45, 7) is 14.0. The molecule has 0 spiro atoms. The number of aryl methyl sites for hydroxylation is 2. The smallest absolute Gasteiger partial charge is 0.132 e. The molecule has 0 atom stereocenters. The predicted octanol–water partition coefficient (Wildman–Crippen LogP) is 2.69. The molecule has 0 saturated carbocycles. The number of rotatable bonds is 4. The maximum absolute atomic E-state index is 4.52. The summed E-state index contributed by atoms with van der Waals surface area (Å²) in [5, 5.41) is 3.52. The van der Waals surface area contributed by atoms with Gasteiger partial charge in [-0.05, 0) is 60.5 Å². The van der Waals surface area contributed by atoms with Gasteiger partial charge >= 0.3 is 0 Å². The zero-order valence-electron chi connectivity index (χ0n) is 12.9. The maximum Gasteiger partial charge on any atom is 0.132 e. The molecule has 4 heteroatoms. The zero-order chi connectivity index (χ0) is 14.0. The molecule has 0 unspecified atom stereocenters. The van der Waals surface area contributed by atoms with Gasteiger partial charge in [-0.1, -0.05) is 0 Å². The van der Waals surface area contributed by atoms with Crippen LogP contribution in [0.15, 0.2) is 0 Å². The van der Waals surface area contributed by atoms with Crippen LogP contribution >= 0.6 is 0 Å². The van der Waals surface area contributed by atoms with Crippen LogP contribution < -0.4 is 5.32 Å². The van der Waals surface area contributed by atoms with E-state index in [2.05, 4.69) is 41.0 Å². The van der Waals surface area contributed by atoms with Crippen LogP contribution in [0.2, 0.25) is 0 Å². The Bertz CT molecular complexity index is 448. The lowest BCUT2D eigenvalue weighted by Gasteiger charge is -2.35. The molecule has 1 N–H and O–H groups in total. The molecule has 0 aromatic carbocycles. The standard InChI is InChI=1S/C15H26N4/c1-11-12(2)17-13(3)18-14(11)16-10-15(4,5)19-8-6-7-9-19/h6-10H2,1-5H3,(H,16,17,18). The lowest BCUT2D eigenvalue weighted by atomic mass is 10.0. The molecule has 1 aliphatic heterocycles. The molecule has 2 rings (SSSR count). The minimum atomic E-state index is 0.176. The van der Waals surface area contributed by atoms with Gasteiger partial charge in [0.15, 0.2) is 0 Å². The molecule has 1 fully saturated rings. The van der Waals surface area contributed by atoms with Crippen molar-refractivity contribution in [3.63, 3.8) is 0 Å². The third-order valence-electron chi connectivity index (χ3n) is 4.15. The van der Waals surface area contributed by atoms with Crippen molar-refractivity contribution in [1.29, 1.82) is 0 Å². The van der Waals surface area contributed by atoms with E-state index >= 15 is 0 Å². The monoisotopic (exact) mass is 262 g/mol. The number of hydrogen-bond donors (Lipinski definition) is 1. The van der Waals surface area contributed by atoms with Gasteiger partial charge < -0.3 is 5.32 Å². The average Bonchev–Trinajstić information content (AvgIpc) is 2.86. The van der Waals surface area contributed by atoms with Crippen molar-refractivity contribution in [2.45, 2.75) is 53.0 Å². The number of likely N-dealkylation sites (tertiary alicyclic amines) is 1. The van der Waals surface area contributed by atoms with E-state index in [1.807, 2.05) is 13.8 Å². The number of nitrogens with zero attached hydrogens (tertiary/aromatic N) is 3. The highest BCUT2D eigenvalue weighted by molar-refractivity contribution is 5.45. The highest BCUT2D eigenvalue weighted by Crippen LogP contribution is 2.22. The van der Waals surface area contributed by atoms with E-state index in [4.69, 9.17) is 0 Å². The molecule has 106 valence electrons. The normalized spacial score (nSPS) is 16.9. The Morgan fingerprint density at radius 2 is 1.74 bits per heavy atom. The highest BCUT2D eigenvalue weighted by atomic mass is 15.2. The van der Waals surface area contributed by atoms with Crippen LogP contribution in [0.25, 0.3) is 0 Å². The molecular weight excluding hydrogens is 236 g/mol. The molecular formula is C15H26N4. The highest BCUT2D eigenvalue weighted by Gasteiger charge is 2.28. The fraction of sp³-hybridized carbons (Fsp3) is 0.733. The minimum absolute atomic E-state index is 0.176. The Kier molecular flexibility index (Phi) is 4.09. The van der Waals surface area contributed by atoms with E-state index in [1.54, 1.807) is 0 Å². The molecule has 0 amide bonds. The number of anilines is 1. The van der Waals surface area contributed by atoms with Crippen LogP contribution in [0.1, 0.15) is 43.8 Å². The SMILES string of the molecule is Cc1nc(C)c(C)c(NCC(C)(C)N2CCCC2)n1. The zero-order valence-corrected chi connectivity index (χ0v) is 12.9. The average molecular weight is 262 g/mol. The first kappa shape index (κ1) is 14.3. The molecule has 19 heavy (non-hydrogen) atoms. The van der Waals surface area contributed by atoms with Gasteiger partial charge in [0.2, 0.25) is 0 Å². The molecule has 1 saturated heterocycles. The summed E-state index contributed by atoms with van der Waals surface area (Å²) in [5.74, 6) is 1.82. The van der Waals surface area contributed by atoms with Gasteiger partial charge in [0, 0.05) is 23.3 Å². The van der Waals surface area contributed by atoms with Crippen molar-refractivity contribution in [3.05, 3.63) is 17.1 Å². The number of hydrogen-bond acceptors (Lipinski definition) is 4. The Labute approximate surface area is 116 Å². The van der Waals surface area contributed by atoms with E-state index in [-0.39, 0.29) is 5.54 Å². The molecule has 1 aromatic heterocycles. The minimum Gasteiger partial charge on any atom is -0.368 e. The lowest BCUT2D eigenvalue weighted by molar-refractivity contribution is 0.167. The first-order valence-corrected chi connectivity index (χ1v) is 7.21. The van der Waals surface area contributed by atoms with Crippen LogP contribution in [0.4, 0.5) is 5.82 Å². The van der Waals surface area contributed by atoms with Crippen LogP contribution in [-0.4, -0.2) is 40.0 Å². The van der Waals surface area contributed by atoms with Crippen LogP contribution in [-0.2, 0) is 0 Å². The van der Waals surface area contributed by atoms with Gasteiger partial charge in [-0.3, -0.25) is 4.90 Å². The summed E-state index contributed by atoms with van der Waals surface area (Å²) < 4.78 is 0.